The maximum absolute atomic E-state index is 12.4. The second-order valence-electron chi connectivity index (χ2n) is 6.47. The van der Waals surface area contributed by atoms with Crippen molar-refractivity contribution in [3.05, 3.63) is 63.1 Å². The molecular weight excluding hydrogens is 423 g/mol. The van der Waals surface area contributed by atoms with Gasteiger partial charge in [0, 0.05) is 24.2 Å². The van der Waals surface area contributed by atoms with Crippen LogP contribution in [0.15, 0.2) is 42.5 Å². The summed E-state index contributed by atoms with van der Waals surface area (Å²) < 4.78 is 5.50. The molecule has 8 heteroatoms. The van der Waals surface area contributed by atoms with Gasteiger partial charge in [0.25, 0.3) is 11.8 Å². The van der Waals surface area contributed by atoms with Crippen LogP contribution in [0.2, 0.25) is 15.1 Å². The van der Waals surface area contributed by atoms with Crippen LogP contribution in [0.4, 0.5) is 0 Å². The molecule has 0 saturated carbocycles. The molecule has 2 aromatic carbocycles. The zero-order chi connectivity index (χ0) is 20.1. The number of ether oxygens (including phenoxy) is 1. The number of hydrogen-bond acceptors (Lipinski definition) is 3. The van der Waals surface area contributed by atoms with Crippen molar-refractivity contribution in [1.29, 1.82) is 0 Å². The van der Waals surface area contributed by atoms with E-state index in [-0.39, 0.29) is 24.5 Å². The molecule has 28 heavy (non-hydrogen) atoms. The molecule has 5 nitrogen and oxygen atoms in total. The summed E-state index contributed by atoms with van der Waals surface area (Å²) in [6, 6.07) is 11.8. The van der Waals surface area contributed by atoms with Crippen molar-refractivity contribution in [1.82, 2.24) is 10.2 Å². The first-order chi connectivity index (χ1) is 13.4. The Labute approximate surface area is 178 Å². The van der Waals surface area contributed by atoms with Gasteiger partial charge in [-0.25, -0.2) is 0 Å². The number of likely N-dealkylation sites (tertiary alicyclic amines) is 1. The van der Waals surface area contributed by atoms with E-state index in [2.05, 4.69) is 5.32 Å². The number of carbonyl (C=O) groups excluding carboxylic acids is 2. The smallest absolute Gasteiger partial charge is 0.260 e. The van der Waals surface area contributed by atoms with Crippen molar-refractivity contribution in [3.63, 3.8) is 0 Å². The topological polar surface area (TPSA) is 58.6 Å². The minimum atomic E-state index is -0.198. The zero-order valence-electron chi connectivity index (χ0n) is 15.0. The first-order valence-corrected chi connectivity index (χ1v) is 9.98. The number of rotatable bonds is 5. The fraction of sp³-hybridized carbons (Fsp3) is 0.300. The van der Waals surface area contributed by atoms with Gasteiger partial charge in [-0.2, -0.15) is 0 Å². The second kappa shape index (κ2) is 9.50. The van der Waals surface area contributed by atoms with Gasteiger partial charge < -0.3 is 15.0 Å². The Morgan fingerprint density at radius 1 is 1.04 bits per heavy atom. The van der Waals surface area contributed by atoms with Gasteiger partial charge in [0.2, 0.25) is 0 Å². The molecule has 0 atom stereocenters. The van der Waals surface area contributed by atoms with Gasteiger partial charge in [-0.05, 0) is 43.2 Å². The third-order valence-corrected chi connectivity index (χ3v) is 5.41. The van der Waals surface area contributed by atoms with Gasteiger partial charge in [0.15, 0.2) is 6.61 Å². The van der Waals surface area contributed by atoms with Gasteiger partial charge in [-0.15, -0.1) is 0 Å². The lowest BCUT2D eigenvalue weighted by Gasteiger charge is -2.32. The molecule has 0 bridgehead atoms. The minimum Gasteiger partial charge on any atom is -0.482 e. The van der Waals surface area contributed by atoms with Crippen LogP contribution >= 0.6 is 34.8 Å². The molecule has 0 unspecified atom stereocenters. The SMILES string of the molecule is O=C(NC1CCN(C(=O)COc2ccc(Cl)cc2Cl)CC1)c1ccccc1Cl. The van der Waals surface area contributed by atoms with Crippen LogP contribution in [-0.4, -0.2) is 42.5 Å². The molecule has 0 aliphatic carbocycles. The molecule has 3 rings (SSSR count). The van der Waals surface area contributed by atoms with Crippen LogP contribution < -0.4 is 10.1 Å². The van der Waals surface area contributed by atoms with Crippen LogP contribution in [0, 0.1) is 0 Å². The van der Waals surface area contributed by atoms with Crippen molar-refractivity contribution >= 4 is 46.6 Å². The highest BCUT2D eigenvalue weighted by Crippen LogP contribution is 2.27. The lowest BCUT2D eigenvalue weighted by atomic mass is 10.0. The Hall–Kier alpha value is -1.95. The number of nitrogens with zero attached hydrogens (tertiary/aromatic N) is 1. The first kappa shape index (κ1) is 20.8. The van der Waals surface area contributed by atoms with Crippen molar-refractivity contribution in [3.8, 4) is 5.75 Å². The normalized spacial score (nSPS) is 14.6. The average molecular weight is 442 g/mol. The summed E-state index contributed by atoms with van der Waals surface area (Å²) in [7, 11) is 0. The van der Waals surface area contributed by atoms with E-state index in [0.29, 0.717) is 52.3 Å². The van der Waals surface area contributed by atoms with E-state index in [0.717, 1.165) is 0 Å². The van der Waals surface area contributed by atoms with E-state index in [1.165, 1.54) is 0 Å². The number of benzene rings is 2. The van der Waals surface area contributed by atoms with Crippen LogP contribution in [0.1, 0.15) is 23.2 Å². The Morgan fingerprint density at radius 2 is 1.75 bits per heavy atom. The van der Waals surface area contributed by atoms with Crippen molar-refractivity contribution in [2.24, 2.45) is 0 Å². The Morgan fingerprint density at radius 3 is 2.43 bits per heavy atom. The van der Waals surface area contributed by atoms with E-state index in [1.807, 2.05) is 0 Å². The molecule has 0 spiro atoms. The van der Waals surface area contributed by atoms with E-state index >= 15 is 0 Å². The van der Waals surface area contributed by atoms with Gasteiger partial charge in [0.1, 0.15) is 5.75 Å². The highest BCUT2D eigenvalue weighted by atomic mass is 35.5. The number of halogens is 3. The molecule has 1 saturated heterocycles. The molecule has 1 fully saturated rings. The summed E-state index contributed by atoms with van der Waals surface area (Å²) in [6.07, 6.45) is 1.34. The quantitative estimate of drug-likeness (QED) is 0.746. The monoisotopic (exact) mass is 440 g/mol. The third-order valence-electron chi connectivity index (χ3n) is 4.55. The largest absolute Gasteiger partial charge is 0.482 e. The molecule has 1 heterocycles. The number of carbonyl (C=O) groups is 2. The maximum Gasteiger partial charge on any atom is 0.260 e. The Balaban J connectivity index is 1.46. The molecule has 148 valence electrons. The van der Waals surface area contributed by atoms with E-state index in [9.17, 15) is 9.59 Å². The molecule has 1 aliphatic heterocycles. The van der Waals surface area contributed by atoms with E-state index in [4.69, 9.17) is 39.5 Å². The minimum absolute atomic E-state index is 0.000509. The van der Waals surface area contributed by atoms with Crippen molar-refractivity contribution in [2.75, 3.05) is 19.7 Å². The lowest BCUT2D eigenvalue weighted by molar-refractivity contribution is -0.134. The second-order valence-corrected chi connectivity index (χ2v) is 7.72. The first-order valence-electron chi connectivity index (χ1n) is 8.85. The molecule has 2 amide bonds. The summed E-state index contributed by atoms with van der Waals surface area (Å²) in [6.45, 7) is 0.992. The van der Waals surface area contributed by atoms with Crippen LogP contribution in [0.25, 0.3) is 0 Å². The average Bonchev–Trinajstić information content (AvgIpc) is 2.68. The van der Waals surface area contributed by atoms with E-state index in [1.54, 1.807) is 47.4 Å². The molecule has 1 N–H and O–H groups in total. The van der Waals surface area contributed by atoms with Crippen LogP contribution in [-0.2, 0) is 4.79 Å². The number of piperidine rings is 1. The Bertz CT molecular complexity index is 868. The standard InChI is InChI=1S/C20H19Cl3N2O3/c21-13-5-6-18(17(23)11-13)28-12-19(26)25-9-7-14(8-10-25)24-20(27)15-3-1-2-4-16(15)22/h1-6,11,14H,7-10,12H2,(H,24,27). The van der Waals surface area contributed by atoms with E-state index < -0.39 is 0 Å². The Kier molecular flexibility index (Phi) is 7.05. The van der Waals surface area contributed by atoms with Crippen molar-refractivity contribution < 1.29 is 14.3 Å². The van der Waals surface area contributed by atoms with Gasteiger partial charge in [-0.1, -0.05) is 46.9 Å². The number of hydrogen-bond donors (Lipinski definition) is 1. The third kappa shape index (κ3) is 5.31. The maximum atomic E-state index is 12.4. The van der Waals surface area contributed by atoms with Gasteiger partial charge >= 0.3 is 0 Å². The fourth-order valence-electron chi connectivity index (χ4n) is 3.00. The predicted octanol–water partition coefficient (Wildman–Crippen LogP) is 4.45. The molecule has 0 radical (unpaired) electrons. The summed E-state index contributed by atoms with van der Waals surface area (Å²) in [5, 5.41) is 4.27. The molecule has 0 aromatic heterocycles. The number of amides is 2. The molecular formula is C20H19Cl3N2O3. The summed E-state index contributed by atoms with van der Waals surface area (Å²) in [4.78, 5) is 26.4. The van der Waals surface area contributed by atoms with Gasteiger partial charge in [0.05, 0.1) is 15.6 Å². The van der Waals surface area contributed by atoms with Crippen LogP contribution in [0.3, 0.4) is 0 Å². The van der Waals surface area contributed by atoms with Gasteiger partial charge in [-0.3, -0.25) is 9.59 Å². The van der Waals surface area contributed by atoms with Crippen molar-refractivity contribution in [2.45, 2.75) is 18.9 Å². The summed E-state index contributed by atoms with van der Waals surface area (Å²) in [5.74, 6) is 0.0966. The highest BCUT2D eigenvalue weighted by Gasteiger charge is 2.25. The lowest BCUT2D eigenvalue weighted by Crippen LogP contribution is -2.47. The fourth-order valence-corrected chi connectivity index (χ4v) is 3.69. The summed E-state index contributed by atoms with van der Waals surface area (Å²) >= 11 is 18.0. The predicted molar refractivity (Wildman–Crippen MR) is 110 cm³/mol. The molecule has 1 aliphatic rings. The molecule has 2 aromatic rings. The van der Waals surface area contributed by atoms with Crippen LogP contribution in [0.5, 0.6) is 5.75 Å². The zero-order valence-corrected chi connectivity index (χ0v) is 17.2. The number of nitrogens with one attached hydrogen (secondary N) is 1. The summed E-state index contributed by atoms with van der Waals surface area (Å²) in [5.41, 5.74) is 0.455. The highest BCUT2D eigenvalue weighted by molar-refractivity contribution is 6.35.